The molecule has 0 aliphatic carbocycles. The number of halogens is 1. The maximum absolute atomic E-state index is 11.2. The van der Waals surface area contributed by atoms with Gasteiger partial charge in [0, 0.05) is 10.0 Å². The molecule has 0 fully saturated rings. The van der Waals surface area contributed by atoms with E-state index in [1.54, 1.807) is 13.8 Å². The maximum atomic E-state index is 11.2. The second-order valence-electron chi connectivity index (χ2n) is 4.82. The number of aromatic nitrogens is 2. The van der Waals surface area contributed by atoms with Crippen molar-refractivity contribution in [3.05, 3.63) is 44.7 Å². The highest BCUT2D eigenvalue weighted by Gasteiger charge is 2.16. The molecule has 0 amide bonds. The quantitative estimate of drug-likeness (QED) is 0.906. The largest absolute Gasteiger partial charge is 0.478 e. The second-order valence-corrected chi connectivity index (χ2v) is 5.62. The van der Waals surface area contributed by atoms with E-state index in [-0.39, 0.29) is 5.56 Å². The van der Waals surface area contributed by atoms with Gasteiger partial charge in [-0.05, 0) is 51.0 Å². The molecule has 1 heterocycles. The first kappa shape index (κ1) is 14.7. The van der Waals surface area contributed by atoms with Crippen LogP contribution in [-0.4, -0.2) is 21.0 Å². The first-order valence-electron chi connectivity index (χ1n) is 6.17. The van der Waals surface area contributed by atoms with E-state index < -0.39 is 5.97 Å². The molecule has 0 bridgehead atoms. The number of carboxylic acids is 1. The number of aryl methyl sites for hydroxylation is 4. The van der Waals surface area contributed by atoms with Crippen molar-refractivity contribution in [3.8, 4) is 11.4 Å². The Hall–Kier alpha value is -1.75. The van der Waals surface area contributed by atoms with Gasteiger partial charge in [0.2, 0.25) is 0 Å². The van der Waals surface area contributed by atoms with Crippen LogP contribution in [0.3, 0.4) is 0 Å². The van der Waals surface area contributed by atoms with E-state index in [1.807, 2.05) is 26.0 Å². The predicted octanol–water partition coefficient (Wildman–Crippen LogP) is 3.84. The number of hydrogen-bond donors (Lipinski definition) is 1. The molecule has 1 aromatic heterocycles. The highest BCUT2D eigenvalue weighted by Crippen LogP contribution is 2.27. The molecule has 104 valence electrons. The van der Waals surface area contributed by atoms with Crippen molar-refractivity contribution in [2.45, 2.75) is 27.7 Å². The third kappa shape index (κ3) is 2.58. The topological polar surface area (TPSA) is 63.1 Å². The van der Waals surface area contributed by atoms with Crippen molar-refractivity contribution in [1.82, 2.24) is 9.97 Å². The van der Waals surface area contributed by atoms with Crippen molar-refractivity contribution in [3.63, 3.8) is 0 Å². The van der Waals surface area contributed by atoms with E-state index in [4.69, 9.17) is 5.11 Å². The van der Waals surface area contributed by atoms with E-state index in [0.29, 0.717) is 17.2 Å². The molecule has 0 radical (unpaired) electrons. The molecule has 0 aliphatic heterocycles. The normalized spacial score (nSPS) is 10.7. The SMILES string of the molecule is Cc1cc(-c2nc(C)c(C(=O)O)c(C)n2)cc(C)c1Br. The molecule has 0 unspecified atom stereocenters. The van der Waals surface area contributed by atoms with Crippen molar-refractivity contribution < 1.29 is 9.90 Å². The maximum Gasteiger partial charge on any atom is 0.339 e. The highest BCUT2D eigenvalue weighted by atomic mass is 79.9. The Kier molecular flexibility index (Phi) is 3.90. The molecule has 2 rings (SSSR count). The van der Waals surface area contributed by atoms with Crippen LogP contribution >= 0.6 is 15.9 Å². The van der Waals surface area contributed by atoms with Crippen LogP contribution in [0.15, 0.2) is 16.6 Å². The first-order chi connectivity index (χ1) is 9.31. The minimum atomic E-state index is -0.991. The summed E-state index contributed by atoms with van der Waals surface area (Å²) in [5.74, 6) is -0.432. The summed E-state index contributed by atoms with van der Waals surface area (Å²) in [5, 5.41) is 9.15. The number of aromatic carboxylic acids is 1. The van der Waals surface area contributed by atoms with Crippen LogP contribution in [0.1, 0.15) is 32.9 Å². The van der Waals surface area contributed by atoms with Gasteiger partial charge in [-0.25, -0.2) is 14.8 Å². The summed E-state index contributed by atoms with van der Waals surface area (Å²) >= 11 is 3.53. The van der Waals surface area contributed by atoms with E-state index in [9.17, 15) is 4.79 Å². The fourth-order valence-electron chi connectivity index (χ4n) is 2.23. The zero-order chi connectivity index (χ0) is 15.0. The summed E-state index contributed by atoms with van der Waals surface area (Å²) < 4.78 is 1.07. The Balaban J connectivity index is 2.63. The van der Waals surface area contributed by atoms with Gasteiger partial charge in [-0.15, -0.1) is 0 Å². The van der Waals surface area contributed by atoms with Gasteiger partial charge in [-0.1, -0.05) is 15.9 Å². The lowest BCUT2D eigenvalue weighted by Crippen LogP contribution is -2.08. The number of carboxylic acid groups (broad SMARTS) is 1. The highest BCUT2D eigenvalue weighted by molar-refractivity contribution is 9.10. The molecule has 4 nitrogen and oxygen atoms in total. The van der Waals surface area contributed by atoms with Gasteiger partial charge < -0.3 is 5.11 Å². The number of rotatable bonds is 2. The van der Waals surface area contributed by atoms with Crippen LogP contribution in [0.25, 0.3) is 11.4 Å². The van der Waals surface area contributed by atoms with Crippen LogP contribution in [0.4, 0.5) is 0 Å². The fourth-order valence-corrected chi connectivity index (χ4v) is 2.46. The van der Waals surface area contributed by atoms with Gasteiger partial charge in [0.25, 0.3) is 0 Å². The van der Waals surface area contributed by atoms with E-state index in [0.717, 1.165) is 21.2 Å². The zero-order valence-electron chi connectivity index (χ0n) is 11.8. The summed E-state index contributed by atoms with van der Waals surface area (Å²) in [6.07, 6.45) is 0. The molecule has 0 atom stereocenters. The van der Waals surface area contributed by atoms with Crippen molar-refractivity contribution in [1.29, 1.82) is 0 Å². The smallest absolute Gasteiger partial charge is 0.339 e. The molecule has 0 saturated carbocycles. The average molecular weight is 335 g/mol. The lowest BCUT2D eigenvalue weighted by atomic mass is 10.1. The van der Waals surface area contributed by atoms with E-state index in [2.05, 4.69) is 25.9 Å². The van der Waals surface area contributed by atoms with Gasteiger partial charge in [-0.2, -0.15) is 0 Å². The van der Waals surface area contributed by atoms with Crippen LogP contribution < -0.4 is 0 Å². The monoisotopic (exact) mass is 334 g/mol. The van der Waals surface area contributed by atoms with Gasteiger partial charge in [0.05, 0.1) is 11.4 Å². The Morgan fingerprint density at radius 1 is 1.05 bits per heavy atom. The van der Waals surface area contributed by atoms with Gasteiger partial charge >= 0.3 is 5.97 Å². The van der Waals surface area contributed by atoms with Gasteiger partial charge in [-0.3, -0.25) is 0 Å². The van der Waals surface area contributed by atoms with Crippen molar-refractivity contribution in [2.75, 3.05) is 0 Å². The number of hydrogen-bond acceptors (Lipinski definition) is 3. The van der Waals surface area contributed by atoms with E-state index in [1.165, 1.54) is 0 Å². The van der Waals surface area contributed by atoms with Crippen molar-refractivity contribution in [2.24, 2.45) is 0 Å². The second kappa shape index (κ2) is 5.32. The molecule has 0 saturated heterocycles. The molecule has 0 aliphatic rings. The molecule has 0 spiro atoms. The summed E-state index contributed by atoms with van der Waals surface area (Å²) in [6, 6.07) is 3.98. The van der Waals surface area contributed by atoms with Crippen LogP contribution in [0.2, 0.25) is 0 Å². The van der Waals surface area contributed by atoms with Crippen LogP contribution in [0, 0.1) is 27.7 Å². The predicted molar refractivity (Wildman–Crippen MR) is 81.1 cm³/mol. The Labute approximate surface area is 126 Å². The van der Waals surface area contributed by atoms with Gasteiger partial charge in [0.15, 0.2) is 5.82 Å². The number of nitrogens with zero attached hydrogens (tertiary/aromatic N) is 2. The van der Waals surface area contributed by atoms with Crippen LogP contribution in [0.5, 0.6) is 0 Å². The summed E-state index contributed by atoms with van der Waals surface area (Å²) in [5.41, 5.74) is 4.24. The van der Waals surface area contributed by atoms with Crippen LogP contribution in [-0.2, 0) is 0 Å². The molecule has 5 heteroatoms. The number of benzene rings is 1. The fraction of sp³-hybridized carbons (Fsp3) is 0.267. The average Bonchev–Trinajstić information content (AvgIpc) is 2.33. The number of carbonyl (C=O) groups is 1. The van der Waals surface area contributed by atoms with E-state index >= 15 is 0 Å². The summed E-state index contributed by atoms with van der Waals surface area (Å²) in [7, 11) is 0. The summed E-state index contributed by atoms with van der Waals surface area (Å²) in [6.45, 7) is 7.40. The first-order valence-corrected chi connectivity index (χ1v) is 6.96. The Morgan fingerprint density at radius 3 is 1.90 bits per heavy atom. The zero-order valence-corrected chi connectivity index (χ0v) is 13.4. The van der Waals surface area contributed by atoms with Gasteiger partial charge in [0.1, 0.15) is 5.56 Å². The summed E-state index contributed by atoms with van der Waals surface area (Å²) in [4.78, 5) is 19.8. The standard InChI is InChI=1S/C15H15BrN2O2/c1-7-5-11(6-8(2)13(7)16)14-17-9(3)12(15(19)20)10(4)18-14/h5-6H,1-4H3,(H,19,20). The minimum absolute atomic E-state index is 0.180. The molecule has 1 aromatic carbocycles. The minimum Gasteiger partial charge on any atom is -0.478 e. The Bertz CT molecular complexity index is 665. The third-order valence-corrected chi connectivity index (χ3v) is 4.43. The third-order valence-electron chi connectivity index (χ3n) is 3.18. The molecule has 20 heavy (non-hydrogen) atoms. The molecule has 2 aromatic rings. The lowest BCUT2D eigenvalue weighted by molar-refractivity contribution is 0.0694. The Morgan fingerprint density at radius 2 is 1.50 bits per heavy atom. The molecular formula is C15H15BrN2O2. The van der Waals surface area contributed by atoms with Crippen molar-refractivity contribution >= 4 is 21.9 Å². The lowest BCUT2D eigenvalue weighted by Gasteiger charge is -2.10. The molecular weight excluding hydrogens is 320 g/mol. The molecule has 1 N–H and O–H groups in total.